The second-order valence-corrected chi connectivity index (χ2v) is 6.22. The van der Waals surface area contributed by atoms with Crippen molar-refractivity contribution in [3.05, 3.63) is 48.3 Å². The summed E-state index contributed by atoms with van der Waals surface area (Å²) in [6.45, 7) is 8.98. The maximum absolute atomic E-state index is 12.3. The molecule has 28 heavy (non-hydrogen) atoms. The molecule has 1 aromatic carbocycles. The molecule has 1 heterocycles. The first-order valence-electron chi connectivity index (χ1n) is 9.45. The van der Waals surface area contributed by atoms with E-state index >= 15 is 0 Å². The fourth-order valence-electron chi connectivity index (χ4n) is 2.75. The summed E-state index contributed by atoms with van der Waals surface area (Å²) < 4.78 is 1.84. The summed E-state index contributed by atoms with van der Waals surface area (Å²) in [5.74, 6) is 0.815. The van der Waals surface area contributed by atoms with E-state index in [2.05, 4.69) is 15.4 Å². The lowest BCUT2D eigenvalue weighted by molar-refractivity contribution is -0.131. The van der Waals surface area contributed by atoms with Gasteiger partial charge >= 0.3 is 0 Å². The Morgan fingerprint density at radius 2 is 1.86 bits per heavy atom. The number of halogens is 1. The standard InChI is InChI=1S/C20H30N6O.HI/c1-5-21-20(24(4)16-19(27)25(6-2)7-3)22-13-17-14-23-26(15-17)18-11-9-8-10-12-18;/h8-12,14-15H,5-7,13,16H2,1-4H3,(H,21,22);1H. The van der Waals surface area contributed by atoms with Gasteiger partial charge in [0, 0.05) is 38.4 Å². The van der Waals surface area contributed by atoms with Crippen molar-refractivity contribution in [3.63, 3.8) is 0 Å². The molecule has 154 valence electrons. The number of rotatable bonds is 8. The van der Waals surface area contributed by atoms with Crippen LogP contribution in [0.2, 0.25) is 0 Å². The molecule has 1 aromatic heterocycles. The van der Waals surface area contributed by atoms with Gasteiger partial charge in [-0.2, -0.15) is 5.10 Å². The Kier molecular flexibility index (Phi) is 10.6. The van der Waals surface area contributed by atoms with Crippen molar-refractivity contribution in [2.45, 2.75) is 27.3 Å². The molecule has 0 radical (unpaired) electrons. The number of nitrogens with one attached hydrogen (secondary N) is 1. The van der Waals surface area contributed by atoms with Crippen LogP contribution in [0.4, 0.5) is 0 Å². The molecule has 2 rings (SSSR count). The summed E-state index contributed by atoms with van der Waals surface area (Å²) in [4.78, 5) is 20.7. The smallest absolute Gasteiger partial charge is 0.242 e. The molecule has 2 aromatic rings. The van der Waals surface area contributed by atoms with Crippen molar-refractivity contribution < 1.29 is 4.79 Å². The quantitative estimate of drug-likeness (QED) is 0.346. The largest absolute Gasteiger partial charge is 0.357 e. The topological polar surface area (TPSA) is 65.8 Å². The molecule has 0 atom stereocenters. The molecule has 0 saturated heterocycles. The highest BCUT2D eigenvalue weighted by molar-refractivity contribution is 14.0. The average Bonchev–Trinajstić information content (AvgIpc) is 3.15. The third kappa shape index (κ3) is 6.81. The minimum absolute atomic E-state index is 0. The summed E-state index contributed by atoms with van der Waals surface area (Å²) in [6, 6.07) is 9.98. The lowest BCUT2D eigenvalue weighted by atomic mass is 10.3. The average molecular weight is 498 g/mol. The van der Waals surface area contributed by atoms with Gasteiger partial charge in [0.1, 0.15) is 0 Å². The van der Waals surface area contributed by atoms with Gasteiger partial charge in [-0.1, -0.05) is 18.2 Å². The minimum Gasteiger partial charge on any atom is -0.357 e. The summed E-state index contributed by atoms with van der Waals surface area (Å²) in [6.07, 6.45) is 3.80. The van der Waals surface area contributed by atoms with Crippen LogP contribution in [0.25, 0.3) is 5.69 Å². The number of amides is 1. The number of aromatic nitrogens is 2. The third-order valence-corrected chi connectivity index (χ3v) is 4.25. The summed E-state index contributed by atoms with van der Waals surface area (Å²) in [5.41, 5.74) is 2.03. The molecule has 1 amide bonds. The third-order valence-electron chi connectivity index (χ3n) is 4.25. The number of benzene rings is 1. The maximum Gasteiger partial charge on any atom is 0.242 e. The van der Waals surface area contributed by atoms with Gasteiger partial charge in [0.15, 0.2) is 5.96 Å². The predicted octanol–water partition coefficient (Wildman–Crippen LogP) is 2.76. The van der Waals surface area contributed by atoms with Gasteiger partial charge in [-0.3, -0.25) is 4.79 Å². The number of carbonyl (C=O) groups is 1. The first-order chi connectivity index (χ1) is 13.1. The Hall–Kier alpha value is -2.10. The van der Waals surface area contributed by atoms with Gasteiger partial charge < -0.3 is 15.1 Å². The van der Waals surface area contributed by atoms with Crippen molar-refractivity contribution in [2.24, 2.45) is 4.99 Å². The molecule has 0 saturated carbocycles. The monoisotopic (exact) mass is 498 g/mol. The van der Waals surface area contributed by atoms with Crippen LogP contribution in [0, 0.1) is 0 Å². The molecule has 0 bridgehead atoms. The number of hydrogen-bond donors (Lipinski definition) is 1. The molecular formula is C20H31IN6O. The molecule has 0 aliphatic rings. The van der Waals surface area contributed by atoms with E-state index < -0.39 is 0 Å². The molecule has 0 unspecified atom stereocenters. The van der Waals surface area contributed by atoms with Crippen LogP contribution < -0.4 is 5.32 Å². The highest BCUT2D eigenvalue weighted by atomic mass is 127. The van der Waals surface area contributed by atoms with Gasteiger partial charge in [-0.25, -0.2) is 9.67 Å². The van der Waals surface area contributed by atoms with Gasteiger partial charge in [0.2, 0.25) is 5.91 Å². The maximum atomic E-state index is 12.3. The first-order valence-corrected chi connectivity index (χ1v) is 9.45. The number of guanidine groups is 1. The highest BCUT2D eigenvalue weighted by Crippen LogP contribution is 2.08. The zero-order valence-electron chi connectivity index (χ0n) is 17.1. The van der Waals surface area contributed by atoms with E-state index in [1.807, 2.05) is 85.0 Å². The Morgan fingerprint density at radius 1 is 1.18 bits per heavy atom. The SMILES string of the molecule is CCNC(=NCc1cnn(-c2ccccc2)c1)N(C)CC(=O)N(CC)CC.I. The van der Waals surface area contributed by atoms with E-state index in [0.29, 0.717) is 19.0 Å². The van der Waals surface area contributed by atoms with E-state index in [0.717, 1.165) is 30.9 Å². The van der Waals surface area contributed by atoms with E-state index in [4.69, 9.17) is 0 Å². The zero-order chi connectivity index (χ0) is 19.6. The zero-order valence-corrected chi connectivity index (χ0v) is 19.5. The number of aliphatic imine (C=N–C) groups is 1. The molecule has 0 aliphatic carbocycles. The molecule has 1 N–H and O–H groups in total. The Balaban J connectivity index is 0.00000392. The normalized spacial score (nSPS) is 10.9. The fraction of sp³-hybridized carbons (Fsp3) is 0.450. The number of para-hydroxylation sites is 1. The van der Waals surface area contributed by atoms with Gasteiger partial charge in [0.05, 0.1) is 25.0 Å². The highest BCUT2D eigenvalue weighted by Gasteiger charge is 2.15. The van der Waals surface area contributed by atoms with E-state index in [9.17, 15) is 4.79 Å². The number of hydrogen-bond acceptors (Lipinski definition) is 3. The lowest BCUT2D eigenvalue weighted by Gasteiger charge is -2.25. The predicted molar refractivity (Wildman–Crippen MR) is 124 cm³/mol. The van der Waals surface area contributed by atoms with Crippen molar-refractivity contribution in [1.82, 2.24) is 24.9 Å². The summed E-state index contributed by atoms with van der Waals surface area (Å²) in [5, 5.41) is 7.65. The Labute approximate surface area is 184 Å². The van der Waals surface area contributed by atoms with Crippen LogP contribution in [0.15, 0.2) is 47.7 Å². The van der Waals surface area contributed by atoms with E-state index in [1.165, 1.54) is 0 Å². The van der Waals surface area contributed by atoms with Crippen LogP contribution in [0.3, 0.4) is 0 Å². The van der Waals surface area contributed by atoms with E-state index in [-0.39, 0.29) is 29.9 Å². The van der Waals surface area contributed by atoms with Crippen molar-refractivity contribution in [3.8, 4) is 5.69 Å². The van der Waals surface area contributed by atoms with Crippen molar-refractivity contribution in [1.29, 1.82) is 0 Å². The first kappa shape index (κ1) is 23.9. The van der Waals surface area contributed by atoms with Gasteiger partial charge in [-0.15, -0.1) is 24.0 Å². The Bertz CT molecular complexity index is 742. The lowest BCUT2D eigenvalue weighted by Crippen LogP contribution is -2.45. The number of carbonyl (C=O) groups excluding carboxylic acids is 1. The van der Waals surface area contributed by atoms with Crippen LogP contribution in [-0.4, -0.2) is 64.7 Å². The van der Waals surface area contributed by atoms with Gasteiger partial charge in [-0.05, 0) is 32.9 Å². The fourth-order valence-corrected chi connectivity index (χ4v) is 2.75. The van der Waals surface area contributed by atoms with Crippen molar-refractivity contribution in [2.75, 3.05) is 33.2 Å². The number of nitrogens with zero attached hydrogens (tertiary/aromatic N) is 5. The molecule has 0 spiro atoms. The van der Waals surface area contributed by atoms with Crippen molar-refractivity contribution >= 4 is 35.8 Å². The molecule has 0 aliphatic heterocycles. The summed E-state index contributed by atoms with van der Waals surface area (Å²) >= 11 is 0. The molecule has 8 heteroatoms. The second kappa shape index (κ2) is 12.4. The molecule has 0 fully saturated rings. The van der Waals surface area contributed by atoms with Gasteiger partial charge in [0.25, 0.3) is 0 Å². The number of likely N-dealkylation sites (N-methyl/N-ethyl adjacent to an activating group) is 2. The van der Waals surface area contributed by atoms with E-state index in [1.54, 1.807) is 0 Å². The van der Waals surface area contributed by atoms with Crippen LogP contribution >= 0.6 is 24.0 Å². The van der Waals surface area contributed by atoms with Crippen LogP contribution in [-0.2, 0) is 11.3 Å². The summed E-state index contributed by atoms with van der Waals surface area (Å²) in [7, 11) is 1.89. The second-order valence-electron chi connectivity index (χ2n) is 6.22. The Morgan fingerprint density at radius 3 is 2.46 bits per heavy atom. The van der Waals surface area contributed by atoms with Crippen LogP contribution in [0.1, 0.15) is 26.3 Å². The van der Waals surface area contributed by atoms with Crippen LogP contribution in [0.5, 0.6) is 0 Å². The minimum atomic E-state index is 0. The molecular weight excluding hydrogens is 467 g/mol. The molecule has 7 nitrogen and oxygen atoms in total.